The van der Waals surface area contributed by atoms with Crippen molar-refractivity contribution in [2.75, 3.05) is 22.9 Å². The van der Waals surface area contributed by atoms with Gasteiger partial charge in [-0.2, -0.15) is 0 Å². The van der Waals surface area contributed by atoms with Gasteiger partial charge in [0.25, 0.3) is 5.91 Å². The maximum atomic E-state index is 12.8. The first-order chi connectivity index (χ1) is 12.2. The molecule has 0 N–H and O–H groups in total. The summed E-state index contributed by atoms with van der Waals surface area (Å²) in [6.45, 7) is 5.78. The average Bonchev–Trinajstić information content (AvgIpc) is 2.69. The summed E-state index contributed by atoms with van der Waals surface area (Å²) in [5, 5.41) is 0. The highest BCUT2D eigenvalue weighted by molar-refractivity contribution is 6.05. The molecule has 1 atom stereocenters. The van der Waals surface area contributed by atoms with Crippen LogP contribution in [0.1, 0.15) is 49.9 Å². The topological polar surface area (TPSA) is 49.3 Å². The number of aromatic nitrogens is 2. The lowest BCUT2D eigenvalue weighted by atomic mass is 10.0. The SMILES string of the molecule is CCC1CCCCN1c1ncc(C(=O)N(CC)c2ccccc2)cn1. The minimum Gasteiger partial charge on any atom is -0.338 e. The van der Waals surface area contributed by atoms with Crippen molar-refractivity contribution in [3.8, 4) is 0 Å². The largest absolute Gasteiger partial charge is 0.338 e. The average molecular weight is 338 g/mol. The number of amides is 1. The monoisotopic (exact) mass is 338 g/mol. The molecule has 1 fully saturated rings. The van der Waals surface area contributed by atoms with E-state index >= 15 is 0 Å². The number of piperidine rings is 1. The van der Waals surface area contributed by atoms with Gasteiger partial charge in [-0.3, -0.25) is 4.79 Å². The highest BCUT2D eigenvalue weighted by Gasteiger charge is 2.24. The fourth-order valence-electron chi connectivity index (χ4n) is 3.48. The van der Waals surface area contributed by atoms with E-state index in [-0.39, 0.29) is 5.91 Å². The smallest absolute Gasteiger partial charge is 0.261 e. The standard InChI is InChI=1S/C20H26N4O/c1-3-17-10-8-9-13-24(17)20-21-14-16(15-22-20)19(25)23(4-2)18-11-6-5-7-12-18/h5-7,11-12,14-15,17H,3-4,8-10,13H2,1-2H3. The van der Waals surface area contributed by atoms with Gasteiger partial charge >= 0.3 is 0 Å². The van der Waals surface area contributed by atoms with Gasteiger partial charge in [-0.1, -0.05) is 25.1 Å². The summed E-state index contributed by atoms with van der Waals surface area (Å²) in [6, 6.07) is 10.2. The van der Waals surface area contributed by atoms with Crippen LogP contribution in [0.3, 0.4) is 0 Å². The molecule has 1 amide bonds. The number of hydrogen-bond acceptors (Lipinski definition) is 4. The minimum absolute atomic E-state index is 0.0639. The van der Waals surface area contributed by atoms with E-state index in [9.17, 15) is 4.79 Å². The molecule has 0 aliphatic carbocycles. The minimum atomic E-state index is -0.0639. The van der Waals surface area contributed by atoms with Crippen LogP contribution in [0, 0.1) is 0 Å². The summed E-state index contributed by atoms with van der Waals surface area (Å²) in [5.74, 6) is 0.678. The molecule has 2 aromatic rings. The van der Waals surface area contributed by atoms with Crippen LogP contribution < -0.4 is 9.80 Å². The third-order valence-corrected chi connectivity index (χ3v) is 4.87. The summed E-state index contributed by atoms with van der Waals surface area (Å²) in [6.07, 6.45) is 8.07. The maximum Gasteiger partial charge on any atom is 0.261 e. The Kier molecular flexibility index (Phi) is 5.64. The summed E-state index contributed by atoms with van der Waals surface area (Å²) in [5.41, 5.74) is 1.42. The molecule has 132 valence electrons. The van der Waals surface area contributed by atoms with Gasteiger partial charge in [-0.15, -0.1) is 0 Å². The number of carbonyl (C=O) groups is 1. The summed E-state index contributed by atoms with van der Waals surface area (Å²) in [4.78, 5) is 25.8. The lowest BCUT2D eigenvalue weighted by molar-refractivity contribution is 0.0987. The third kappa shape index (κ3) is 3.81. The Balaban J connectivity index is 1.78. The van der Waals surface area contributed by atoms with E-state index in [0.29, 0.717) is 18.2 Å². The Hall–Kier alpha value is -2.43. The zero-order valence-electron chi connectivity index (χ0n) is 15.1. The fraction of sp³-hybridized carbons (Fsp3) is 0.450. The predicted octanol–water partition coefficient (Wildman–Crippen LogP) is 3.91. The molecule has 1 aromatic carbocycles. The van der Waals surface area contributed by atoms with Crippen molar-refractivity contribution in [3.63, 3.8) is 0 Å². The van der Waals surface area contributed by atoms with E-state index in [4.69, 9.17) is 0 Å². The lowest BCUT2D eigenvalue weighted by Crippen LogP contribution is -2.40. The van der Waals surface area contributed by atoms with E-state index in [0.717, 1.165) is 24.6 Å². The van der Waals surface area contributed by atoms with Crippen LogP contribution in [-0.4, -0.2) is 35.0 Å². The molecular formula is C20H26N4O. The van der Waals surface area contributed by atoms with Crippen LogP contribution in [0.25, 0.3) is 0 Å². The zero-order chi connectivity index (χ0) is 17.6. The first-order valence-corrected chi connectivity index (χ1v) is 9.20. The molecule has 1 aliphatic heterocycles. The van der Waals surface area contributed by atoms with Crippen molar-refractivity contribution in [1.29, 1.82) is 0 Å². The molecule has 1 aromatic heterocycles. The maximum absolute atomic E-state index is 12.8. The first kappa shape index (κ1) is 17.4. The molecule has 0 radical (unpaired) electrons. The summed E-state index contributed by atoms with van der Waals surface area (Å²) >= 11 is 0. The van der Waals surface area contributed by atoms with Crippen LogP contribution in [0.2, 0.25) is 0 Å². The van der Waals surface area contributed by atoms with E-state index in [1.54, 1.807) is 17.3 Å². The molecule has 1 aliphatic rings. The Bertz CT molecular complexity index is 687. The van der Waals surface area contributed by atoms with E-state index < -0.39 is 0 Å². The quantitative estimate of drug-likeness (QED) is 0.829. The van der Waals surface area contributed by atoms with Gasteiger partial charge in [0.2, 0.25) is 5.95 Å². The van der Waals surface area contributed by atoms with E-state index in [1.165, 1.54) is 19.3 Å². The number of carbonyl (C=O) groups excluding carboxylic acids is 1. The van der Waals surface area contributed by atoms with Crippen LogP contribution in [0.4, 0.5) is 11.6 Å². The zero-order valence-corrected chi connectivity index (χ0v) is 15.1. The molecule has 2 heterocycles. The lowest BCUT2D eigenvalue weighted by Gasteiger charge is -2.35. The van der Waals surface area contributed by atoms with Gasteiger partial charge < -0.3 is 9.80 Å². The molecule has 25 heavy (non-hydrogen) atoms. The van der Waals surface area contributed by atoms with E-state index in [2.05, 4.69) is 21.8 Å². The number of para-hydroxylation sites is 1. The number of hydrogen-bond donors (Lipinski definition) is 0. The van der Waals surface area contributed by atoms with Gasteiger partial charge in [-0.25, -0.2) is 9.97 Å². The number of rotatable bonds is 5. The molecule has 0 spiro atoms. The Labute approximate surface area is 149 Å². The van der Waals surface area contributed by atoms with Crippen molar-refractivity contribution in [2.24, 2.45) is 0 Å². The second-order valence-electron chi connectivity index (χ2n) is 6.41. The van der Waals surface area contributed by atoms with Crippen molar-refractivity contribution in [1.82, 2.24) is 9.97 Å². The molecule has 0 saturated carbocycles. The van der Waals surface area contributed by atoms with Crippen LogP contribution in [-0.2, 0) is 0 Å². The fourth-order valence-corrected chi connectivity index (χ4v) is 3.48. The molecule has 0 bridgehead atoms. The second-order valence-corrected chi connectivity index (χ2v) is 6.41. The molecule has 1 saturated heterocycles. The van der Waals surface area contributed by atoms with Crippen molar-refractivity contribution in [2.45, 2.75) is 45.6 Å². The highest BCUT2D eigenvalue weighted by Crippen LogP contribution is 2.24. The molecule has 5 nitrogen and oxygen atoms in total. The molecular weight excluding hydrogens is 312 g/mol. The summed E-state index contributed by atoms with van der Waals surface area (Å²) in [7, 11) is 0. The van der Waals surface area contributed by atoms with Gasteiger partial charge in [-0.05, 0) is 44.7 Å². The van der Waals surface area contributed by atoms with Crippen molar-refractivity contribution in [3.05, 3.63) is 48.3 Å². The predicted molar refractivity (Wildman–Crippen MR) is 101 cm³/mol. The van der Waals surface area contributed by atoms with Crippen molar-refractivity contribution >= 4 is 17.5 Å². The van der Waals surface area contributed by atoms with Gasteiger partial charge in [0, 0.05) is 37.2 Å². The molecule has 3 rings (SSSR count). The first-order valence-electron chi connectivity index (χ1n) is 9.20. The number of nitrogens with zero attached hydrogens (tertiary/aromatic N) is 4. The van der Waals surface area contributed by atoms with Crippen LogP contribution in [0.5, 0.6) is 0 Å². The molecule has 1 unspecified atom stereocenters. The van der Waals surface area contributed by atoms with Crippen LogP contribution >= 0.6 is 0 Å². The summed E-state index contributed by atoms with van der Waals surface area (Å²) < 4.78 is 0. The highest BCUT2D eigenvalue weighted by atomic mass is 16.2. The Morgan fingerprint density at radius 3 is 2.52 bits per heavy atom. The Morgan fingerprint density at radius 2 is 1.88 bits per heavy atom. The van der Waals surface area contributed by atoms with E-state index in [1.807, 2.05) is 37.3 Å². The normalized spacial score (nSPS) is 17.4. The third-order valence-electron chi connectivity index (χ3n) is 4.87. The molecule has 5 heteroatoms. The Morgan fingerprint density at radius 1 is 1.16 bits per heavy atom. The van der Waals surface area contributed by atoms with Gasteiger partial charge in [0.15, 0.2) is 0 Å². The van der Waals surface area contributed by atoms with Crippen LogP contribution in [0.15, 0.2) is 42.7 Å². The number of anilines is 2. The van der Waals surface area contributed by atoms with Crippen molar-refractivity contribution < 1.29 is 4.79 Å². The second kappa shape index (κ2) is 8.10. The van der Waals surface area contributed by atoms with Gasteiger partial charge in [0.1, 0.15) is 0 Å². The van der Waals surface area contributed by atoms with Gasteiger partial charge in [0.05, 0.1) is 5.56 Å². The number of benzene rings is 1.